The normalized spacial score (nSPS) is 19.8. The molecule has 1 aromatic heterocycles. The molecule has 0 radical (unpaired) electrons. The van der Waals surface area contributed by atoms with Gasteiger partial charge in [-0.2, -0.15) is 0 Å². The molecule has 2 N–H and O–H groups in total. The van der Waals surface area contributed by atoms with Crippen molar-refractivity contribution in [3.63, 3.8) is 0 Å². The highest BCUT2D eigenvalue weighted by Crippen LogP contribution is 2.35. The van der Waals surface area contributed by atoms with Crippen LogP contribution in [-0.2, 0) is 0 Å². The molecule has 22 heavy (non-hydrogen) atoms. The molecule has 2 aliphatic carbocycles. The zero-order valence-electron chi connectivity index (χ0n) is 12.8. The fourth-order valence-electron chi connectivity index (χ4n) is 3.09. The van der Waals surface area contributed by atoms with Crippen LogP contribution in [0.3, 0.4) is 0 Å². The molecular formula is C18H22N4. The van der Waals surface area contributed by atoms with E-state index in [1.165, 1.54) is 32.1 Å². The van der Waals surface area contributed by atoms with E-state index in [0.29, 0.717) is 12.0 Å². The van der Waals surface area contributed by atoms with Gasteiger partial charge in [0.2, 0.25) is 0 Å². The fraction of sp³-hybridized carbons (Fsp3) is 0.500. The van der Waals surface area contributed by atoms with E-state index < -0.39 is 0 Å². The molecule has 0 amide bonds. The molecule has 0 spiro atoms. The van der Waals surface area contributed by atoms with Gasteiger partial charge in [0.05, 0.1) is 22.6 Å². The Hall–Kier alpha value is -1.81. The molecule has 2 saturated carbocycles. The third-order valence-corrected chi connectivity index (χ3v) is 4.93. The molecule has 0 bridgehead atoms. The Kier molecular flexibility index (Phi) is 3.62. The Labute approximate surface area is 130 Å². The van der Waals surface area contributed by atoms with Gasteiger partial charge in [0.1, 0.15) is 0 Å². The first-order chi connectivity index (χ1) is 10.8. The summed E-state index contributed by atoms with van der Waals surface area (Å²) in [5.41, 5.74) is 3.64. The highest BCUT2D eigenvalue weighted by Gasteiger charge is 2.33. The van der Waals surface area contributed by atoms with Crippen molar-refractivity contribution in [2.75, 3.05) is 6.54 Å². The third-order valence-electron chi connectivity index (χ3n) is 4.93. The number of nitrogens with zero attached hydrogens (tertiary/aromatic N) is 2. The van der Waals surface area contributed by atoms with Crippen molar-refractivity contribution in [1.82, 2.24) is 15.3 Å². The summed E-state index contributed by atoms with van der Waals surface area (Å²) in [5.74, 6) is 0.548. The topological polar surface area (TPSA) is 61.7 Å². The molecule has 4 heteroatoms. The molecule has 114 valence electrons. The zero-order valence-corrected chi connectivity index (χ0v) is 12.8. The van der Waals surface area contributed by atoms with Gasteiger partial charge in [-0.1, -0.05) is 18.6 Å². The van der Waals surface area contributed by atoms with Crippen LogP contribution in [0.5, 0.6) is 0 Å². The summed E-state index contributed by atoms with van der Waals surface area (Å²) in [4.78, 5) is 9.32. The largest absolute Gasteiger partial charge is 0.313 e. The number of aromatic nitrogens is 2. The van der Waals surface area contributed by atoms with Gasteiger partial charge in [-0.05, 0) is 43.7 Å². The minimum atomic E-state index is 0.0743. The molecule has 2 aromatic rings. The van der Waals surface area contributed by atoms with E-state index in [1.54, 1.807) is 0 Å². The van der Waals surface area contributed by atoms with Crippen LogP contribution >= 0.6 is 0 Å². The molecule has 4 rings (SSSR count). The molecule has 1 aromatic carbocycles. The molecule has 1 atom stereocenters. The predicted octanol–water partition coefficient (Wildman–Crippen LogP) is 3.29. The minimum Gasteiger partial charge on any atom is -0.313 e. The second kappa shape index (κ2) is 5.76. The molecular weight excluding hydrogens is 272 g/mol. The van der Waals surface area contributed by atoms with E-state index in [9.17, 15) is 0 Å². The maximum atomic E-state index is 8.52. The molecule has 4 nitrogen and oxygen atoms in total. The average molecular weight is 294 g/mol. The van der Waals surface area contributed by atoms with Crippen LogP contribution < -0.4 is 5.32 Å². The maximum Gasteiger partial charge on any atom is 0.0890 e. The van der Waals surface area contributed by atoms with Crippen LogP contribution in [0, 0.1) is 11.3 Å². The van der Waals surface area contributed by atoms with Gasteiger partial charge in [0.15, 0.2) is 0 Å². The molecule has 2 fully saturated rings. The van der Waals surface area contributed by atoms with Gasteiger partial charge < -0.3 is 10.7 Å². The van der Waals surface area contributed by atoms with Gasteiger partial charge in [0, 0.05) is 24.5 Å². The zero-order chi connectivity index (χ0) is 14.9. The highest BCUT2D eigenvalue weighted by atomic mass is 14.9. The van der Waals surface area contributed by atoms with Crippen molar-refractivity contribution in [3.8, 4) is 0 Å². The van der Waals surface area contributed by atoms with Crippen molar-refractivity contribution >= 4 is 16.7 Å². The van der Waals surface area contributed by atoms with Crippen molar-refractivity contribution in [3.05, 3.63) is 36.2 Å². The van der Waals surface area contributed by atoms with Crippen molar-refractivity contribution in [2.45, 2.75) is 44.1 Å². The maximum absolute atomic E-state index is 8.52. The van der Waals surface area contributed by atoms with Crippen LogP contribution in [0.2, 0.25) is 0 Å². The van der Waals surface area contributed by atoms with Crippen molar-refractivity contribution in [1.29, 1.82) is 5.41 Å². The average Bonchev–Trinajstić information content (AvgIpc) is 3.33. The Morgan fingerprint density at radius 3 is 2.64 bits per heavy atom. The summed E-state index contributed by atoms with van der Waals surface area (Å²) in [5, 5.41) is 12.1. The molecule has 1 heterocycles. The molecule has 1 unspecified atom stereocenters. The summed E-state index contributed by atoms with van der Waals surface area (Å²) in [7, 11) is 0. The van der Waals surface area contributed by atoms with Gasteiger partial charge in [-0.3, -0.25) is 4.98 Å². The first-order valence-corrected chi connectivity index (χ1v) is 8.34. The number of hydrogen-bond acceptors (Lipinski definition) is 4. The quantitative estimate of drug-likeness (QED) is 0.804. The number of benzene rings is 1. The summed E-state index contributed by atoms with van der Waals surface area (Å²) < 4.78 is 0. The lowest BCUT2D eigenvalue weighted by Crippen LogP contribution is -2.39. The third kappa shape index (κ3) is 2.75. The first kappa shape index (κ1) is 13.8. The summed E-state index contributed by atoms with van der Waals surface area (Å²) in [6.45, 7) is 0.826. The van der Waals surface area contributed by atoms with E-state index in [4.69, 9.17) is 10.4 Å². The monoisotopic (exact) mass is 294 g/mol. The van der Waals surface area contributed by atoms with Crippen LogP contribution in [-0.4, -0.2) is 28.3 Å². The Bertz CT molecular complexity index is 688. The summed E-state index contributed by atoms with van der Waals surface area (Å²) in [6, 6.07) is 8.61. The first-order valence-electron chi connectivity index (χ1n) is 8.34. The van der Waals surface area contributed by atoms with Crippen LogP contribution in [0.4, 0.5) is 0 Å². The van der Waals surface area contributed by atoms with E-state index in [2.05, 4.69) is 10.3 Å². The number of nitrogens with one attached hydrogen (secondary N) is 2. The van der Waals surface area contributed by atoms with Crippen molar-refractivity contribution < 1.29 is 0 Å². The van der Waals surface area contributed by atoms with Gasteiger partial charge in [-0.15, -0.1) is 0 Å². The van der Waals surface area contributed by atoms with Gasteiger partial charge >= 0.3 is 0 Å². The number of rotatable bonds is 6. The standard InChI is InChI=1S/C18H22N4/c19-18(12-8-9-12)14(10-20-13-4-3-5-13)17-11-21-15-6-1-2-7-16(15)22-17/h1-2,6-7,11-14,19-20H,3-5,8-10H2. The molecule has 2 aliphatic rings. The smallest absolute Gasteiger partial charge is 0.0890 e. The summed E-state index contributed by atoms with van der Waals surface area (Å²) in [6.07, 6.45) is 8.07. The minimum absolute atomic E-state index is 0.0743. The van der Waals surface area contributed by atoms with E-state index in [-0.39, 0.29) is 5.92 Å². The van der Waals surface area contributed by atoms with Gasteiger partial charge in [0.25, 0.3) is 0 Å². The lowest BCUT2D eigenvalue weighted by Gasteiger charge is -2.29. The van der Waals surface area contributed by atoms with E-state index in [1.807, 2.05) is 30.5 Å². The van der Waals surface area contributed by atoms with Crippen molar-refractivity contribution in [2.24, 2.45) is 5.92 Å². The SMILES string of the molecule is N=C(C1CC1)C(CNC1CCC1)c1cnc2ccccc2n1. The fourth-order valence-corrected chi connectivity index (χ4v) is 3.09. The van der Waals surface area contributed by atoms with Crippen LogP contribution in [0.25, 0.3) is 11.0 Å². The number of hydrogen-bond donors (Lipinski definition) is 2. The van der Waals surface area contributed by atoms with Gasteiger partial charge in [-0.25, -0.2) is 4.98 Å². The second-order valence-corrected chi connectivity index (χ2v) is 6.60. The lowest BCUT2D eigenvalue weighted by atomic mass is 9.90. The Morgan fingerprint density at radius 1 is 1.18 bits per heavy atom. The van der Waals surface area contributed by atoms with Crippen LogP contribution in [0.15, 0.2) is 30.5 Å². The summed E-state index contributed by atoms with van der Waals surface area (Å²) >= 11 is 0. The number of fused-ring (bicyclic) bond motifs is 1. The number of para-hydroxylation sites is 2. The highest BCUT2D eigenvalue weighted by molar-refractivity contribution is 5.92. The predicted molar refractivity (Wildman–Crippen MR) is 88.4 cm³/mol. The Morgan fingerprint density at radius 2 is 1.95 bits per heavy atom. The molecule has 0 saturated heterocycles. The Balaban J connectivity index is 1.59. The van der Waals surface area contributed by atoms with E-state index in [0.717, 1.165) is 29.0 Å². The lowest BCUT2D eigenvalue weighted by molar-refractivity contribution is 0.338. The van der Waals surface area contributed by atoms with E-state index >= 15 is 0 Å². The molecule has 0 aliphatic heterocycles. The second-order valence-electron chi connectivity index (χ2n) is 6.60. The van der Waals surface area contributed by atoms with Crippen LogP contribution in [0.1, 0.15) is 43.7 Å².